The van der Waals surface area contributed by atoms with Gasteiger partial charge in [0.1, 0.15) is 0 Å². The molecule has 4 heteroatoms. The van der Waals surface area contributed by atoms with Crippen LogP contribution in [-0.4, -0.2) is 85.7 Å². The van der Waals surface area contributed by atoms with Crippen LogP contribution in [0, 0.1) is 5.41 Å². The quantitative estimate of drug-likeness (QED) is 0.841. The summed E-state index contributed by atoms with van der Waals surface area (Å²) in [5.41, 5.74) is 1.03. The van der Waals surface area contributed by atoms with Crippen LogP contribution in [0.4, 0.5) is 0 Å². The molecule has 3 aliphatic heterocycles. The normalized spacial score (nSPS) is 28.7. The molecule has 0 atom stereocenters. The maximum absolute atomic E-state index is 3.46. The molecule has 1 N–H and O–H groups in total. The zero-order valence-electron chi connectivity index (χ0n) is 14.3. The molecule has 3 rings (SSSR count). The van der Waals surface area contributed by atoms with Gasteiger partial charge in [-0.3, -0.25) is 9.80 Å². The number of likely N-dealkylation sites (tertiary alicyclic amines) is 1. The van der Waals surface area contributed by atoms with Crippen LogP contribution in [0.3, 0.4) is 0 Å². The summed E-state index contributed by atoms with van der Waals surface area (Å²) in [5, 5.41) is 3.46. The SMILES string of the molecule is CC(C)(C)N1CCN(CCN2CCC3(CC2)CNC3)CC1. The van der Waals surface area contributed by atoms with Crippen molar-refractivity contribution in [3.8, 4) is 0 Å². The monoisotopic (exact) mass is 294 g/mol. The van der Waals surface area contributed by atoms with Gasteiger partial charge in [0.25, 0.3) is 0 Å². The van der Waals surface area contributed by atoms with Crippen molar-refractivity contribution in [3.05, 3.63) is 0 Å². The molecule has 0 aromatic rings. The summed E-state index contributed by atoms with van der Waals surface area (Å²) < 4.78 is 0. The zero-order chi connectivity index (χ0) is 14.9. The molecular weight excluding hydrogens is 260 g/mol. The molecule has 0 bridgehead atoms. The van der Waals surface area contributed by atoms with E-state index in [-0.39, 0.29) is 0 Å². The third-order valence-corrected chi connectivity index (χ3v) is 5.97. The van der Waals surface area contributed by atoms with Crippen molar-refractivity contribution in [2.45, 2.75) is 39.2 Å². The Balaban J connectivity index is 1.33. The van der Waals surface area contributed by atoms with Gasteiger partial charge in [-0.1, -0.05) is 0 Å². The van der Waals surface area contributed by atoms with Crippen LogP contribution >= 0.6 is 0 Å². The van der Waals surface area contributed by atoms with Crippen LogP contribution < -0.4 is 5.32 Å². The van der Waals surface area contributed by atoms with Gasteiger partial charge in [0.05, 0.1) is 0 Å². The molecule has 4 nitrogen and oxygen atoms in total. The third kappa shape index (κ3) is 3.79. The number of hydrogen-bond donors (Lipinski definition) is 1. The van der Waals surface area contributed by atoms with E-state index in [4.69, 9.17) is 0 Å². The van der Waals surface area contributed by atoms with Gasteiger partial charge in [0.2, 0.25) is 0 Å². The summed E-state index contributed by atoms with van der Waals surface area (Å²) in [6, 6.07) is 0. The molecule has 3 saturated heterocycles. The summed E-state index contributed by atoms with van der Waals surface area (Å²) in [6.45, 7) is 19.7. The summed E-state index contributed by atoms with van der Waals surface area (Å²) >= 11 is 0. The van der Waals surface area contributed by atoms with E-state index in [1.807, 2.05) is 0 Å². The molecule has 0 aromatic carbocycles. The summed E-state index contributed by atoms with van der Waals surface area (Å²) in [7, 11) is 0. The predicted molar refractivity (Wildman–Crippen MR) is 88.7 cm³/mol. The van der Waals surface area contributed by atoms with Crippen molar-refractivity contribution in [2.24, 2.45) is 5.41 Å². The van der Waals surface area contributed by atoms with Crippen molar-refractivity contribution in [1.29, 1.82) is 0 Å². The first-order chi connectivity index (χ1) is 9.97. The second-order valence-corrected chi connectivity index (χ2v) is 8.44. The molecule has 21 heavy (non-hydrogen) atoms. The molecule has 122 valence electrons. The number of rotatable bonds is 3. The number of piperidine rings is 1. The molecule has 0 aliphatic carbocycles. The van der Waals surface area contributed by atoms with Crippen molar-refractivity contribution in [3.63, 3.8) is 0 Å². The number of nitrogens with one attached hydrogen (secondary N) is 1. The highest BCUT2D eigenvalue weighted by atomic mass is 15.3. The van der Waals surface area contributed by atoms with Crippen molar-refractivity contribution in [1.82, 2.24) is 20.0 Å². The average molecular weight is 294 g/mol. The first-order valence-electron chi connectivity index (χ1n) is 8.87. The second kappa shape index (κ2) is 6.15. The molecule has 1 spiro atoms. The minimum atomic E-state index is 0.337. The fraction of sp³-hybridized carbons (Fsp3) is 1.00. The Kier molecular flexibility index (Phi) is 4.60. The fourth-order valence-electron chi connectivity index (χ4n) is 4.01. The van der Waals surface area contributed by atoms with E-state index >= 15 is 0 Å². The fourth-order valence-corrected chi connectivity index (χ4v) is 4.01. The molecule has 0 unspecified atom stereocenters. The number of piperazine rings is 1. The Morgan fingerprint density at radius 1 is 0.810 bits per heavy atom. The number of hydrogen-bond acceptors (Lipinski definition) is 4. The van der Waals surface area contributed by atoms with E-state index in [9.17, 15) is 0 Å². The first-order valence-corrected chi connectivity index (χ1v) is 8.87. The standard InChI is InChI=1S/C17H34N4/c1-16(2,3)21-12-10-20(11-13-21)9-8-19-6-4-17(5-7-19)14-18-15-17/h18H,4-15H2,1-3H3. The van der Waals surface area contributed by atoms with Gasteiger partial charge in [-0.25, -0.2) is 0 Å². The topological polar surface area (TPSA) is 21.8 Å². The Morgan fingerprint density at radius 3 is 1.76 bits per heavy atom. The number of nitrogens with zero attached hydrogens (tertiary/aromatic N) is 3. The van der Waals surface area contributed by atoms with Crippen LogP contribution in [0.15, 0.2) is 0 Å². The third-order valence-electron chi connectivity index (χ3n) is 5.97. The van der Waals surface area contributed by atoms with Crippen LogP contribution in [-0.2, 0) is 0 Å². The predicted octanol–water partition coefficient (Wildman–Crippen LogP) is 1.09. The Morgan fingerprint density at radius 2 is 1.33 bits per heavy atom. The maximum Gasteiger partial charge on any atom is 0.0126 e. The summed E-state index contributed by atoms with van der Waals surface area (Å²) in [6.07, 6.45) is 2.83. The van der Waals surface area contributed by atoms with Crippen LogP contribution in [0.5, 0.6) is 0 Å². The Bertz CT molecular complexity index is 327. The van der Waals surface area contributed by atoms with Gasteiger partial charge < -0.3 is 10.2 Å². The van der Waals surface area contributed by atoms with E-state index in [2.05, 4.69) is 40.8 Å². The maximum atomic E-state index is 3.46. The lowest BCUT2D eigenvalue weighted by molar-refractivity contribution is 0.0357. The molecule has 0 radical (unpaired) electrons. The van der Waals surface area contributed by atoms with Gasteiger partial charge in [-0.15, -0.1) is 0 Å². The van der Waals surface area contributed by atoms with Gasteiger partial charge in [-0.05, 0) is 52.1 Å². The van der Waals surface area contributed by atoms with Gasteiger partial charge in [-0.2, -0.15) is 0 Å². The highest BCUT2D eigenvalue weighted by molar-refractivity contribution is 4.96. The lowest BCUT2D eigenvalue weighted by Gasteiger charge is -2.48. The molecule has 0 aromatic heterocycles. The molecule has 3 aliphatic rings. The minimum absolute atomic E-state index is 0.337. The Hall–Kier alpha value is -0.160. The van der Waals surface area contributed by atoms with E-state index < -0.39 is 0 Å². The van der Waals surface area contributed by atoms with Crippen molar-refractivity contribution < 1.29 is 0 Å². The lowest BCUT2D eigenvalue weighted by Crippen LogP contribution is -2.59. The highest BCUT2D eigenvalue weighted by Gasteiger charge is 2.39. The van der Waals surface area contributed by atoms with Crippen LogP contribution in [0.25, 0.3) is 0 Å². The first kappa shape index (κ1) is 15.7. The van der Waals surface area contributed by atoms with E-state index in [1.54, 1.807) is 0 Å². The van der Waals surface area contributed by atoms with E-state index in [0.717, 1.165) is 0 Å². The van der Waals surface area contributed by atoms with E-state index in [0.29, 0.717) is 11.0 Å². The summed E-state index contributed by atoms with van der Waals surface area (Å²) in [5.74, 6) is 0. The van der Waals surface area contributed by atoms with Crippen molar-refractivity contribution >= 4 is 0 Å². The molecule has 3 fully saturated rings. The zero-order valence-corrected chi connectivity index (χ0v) is 14.3. The molecular formula is C17H34N4. The lowest BCUT2D eigenvalue weighted by atomic mass is 9.73. The average Bonchev–Trinajstić information content (AvgIpc) is 2.43. The molecule has 0 saturated carbocycles. The highest BCUT2D eigenvalue weighted by Crippen LogP contribution is 2.34. The Labute approximate surface area is 130 Å². The van der Waals surface area contributed by atoms with Crippen LogP contribution in [0.2, 0.25) is 0 Å². The largest absolute Gasteiger partial charge is 0.316 e. The van der Waals surface area contributed by atoms with Crippen molar-refractivity contribution in [2.75, 3.05) is 65.4 Å². The second-order valence-electron chi connectivity index (χ2n) is 8.44. The van der Waals surface area contributed by atoms with Gasteiger partial charge >= 0.3 is 0 Å². The van der Waals surface area contributed by atoms with Gasteiger partial charge in [0.15, 0.2) is 0 Å². The van der Waals surface area contributed by atoms with Crippen LogP contribution in [0.1, 0.15) is 33.6 Å². The smallest absolute Gasteiger partial charge is 0.0126 e. The molecule has 3 heterocycles. The van der Waals surface area contributed by atoms with Gasteiger partial charge in [0, 0.05) is 57.9 Å². The molecule has 0 amide bonds. The van der Waals surface area contributed by atoms with E-state index in [1.165, 1.54) is 78.3 Å². The minimum Gasteiger partial charge on any atom is -0.316 e. The summed E-state index contributed by atoms with van der Waals surface area (Å²) in [4.78, 5) is 7.98.